The van der Waals surface area contributed by atoms with E-state index in [-0.39, 0.29) is 17.9 Å². The smallest absolute Gasteiger partial charge is 0.322 e. The number of anilines is 1. The lowest BCUT2D eigenvalue weighted by Crippen LogP contribution is -2.58. The number of imide groups is 1. The van der Waals surface area contributed by atoms with Gasteiger partial charge in [-0.05, 0) is 25.0 Å². The third-order valence-electron chi connectivity index (χ3n) is 3.98. The summed E-state index contributed by atoms with van der Waals surface area (Å²) in [5, 5.41) is 15.9. The van der Waals surface area contributed by atoms with Crippen LogP contribution in [0.5, 0.6) is 0 Å². The van der Waals surface area contributed by atoms with E-state index in [1.54, 1.807) is 4.90 Å². The Balaban J connectivity index is 1.95. The number of nitro groups is 1. The van der Waals surface area contributed by atoms with E-state index in [0.29, 0.717) is 19.4 Å². The highest BCUT2D eigenvalue weighted by Crippen LogP contribution is 2.34. The van der Waals surface area contributed by atoms with E-state index >= 15 is 0 Å². The second kappa shape index (κ2) is 4.93. The number of benzene rings is 1. The van der Waals surface area contributed by atoms with Crippen molar-refractivity contribution in [1.29, 1.82) is 0 Å². The number of hydrogen-bond acceptors (Lipinski definition) is 5. The molecule has 0 radical (unpaired) electrons. The van der Waals surface area contributed by atoms with Crippen LogP contribution in [-0.2, 0) is 4.79 Å². The van der Waals surface area contributed by atoms with Gasteiger partial charge in [0.05, 0.1) is 17.5 Å². The standard InChI is InChI=1S/C13H13FN4O4/c14-8-2-3-9(10(6-8)18(21)22)17-5-1-4-13(7-17)11(19)15-12(20)16-13/h2-3,6H,1,4-5,7H2,(H2,15,16,19,20). The number of nitro benzene ring substituents is 1. The van der Waals surface area contributed by atoms with Crippen molar-refractivity contribution in [2.45, 2.75) is 18.4 Å². The summed E-state index contributed by atoms with van der Waals surface area (Å²) in [5.41, 5.74) is -1.21. The van der Waals surface area contributed by atoms with Crippen LogP contribution in [0.4, 0.5) is 20.6 Å². The molecule has 3 amide bonds. The van der Waals surface area contributed by atoms with E-state index < -0.39 is 28.2 Å². The van der Waals surface area contributed by atoms with Crippen LogP contribution >= 0.6 is 0 Å². The van der Waals surface area contributed by atoms with Crippen LogP contribution in [0.1, 0.15) is 12.8 Å². The zero-order valence-corrected chi connectivity index (χ0v) is 11.5. The lowest BCUT2D eigenvalue weighted by atomic mass is 9.89. The molecule has 8 nitrogen and oxygen atoms in total. The van der Waals surface area contributed by atoms with E-state index in [9.17, 15) is 24.1 Å². The minimum absolute atomic E-state index is 0.108. The van der Waals surface area contributed by atoms with Crippen LogP contribution in [0.25, 0.3) is 0 Å². The predicted molar refractivity (Wildman–Crippen MR) is 73.9 cm³/mol. The largest absolute Gasteiger partial charge is 0.363 e. The Morgan fingerprint density at radius 3 is 2.77 bits per heavy atom. The zero-order valence-electron chi connectivity index (χ0n) is 11.5. The van der Waals surface area contributed by atoms with Gasteiger partial charge in [-0.1, -0.05) is 0 Å². The summed E-state index contributed by atoms with van der Waals surface area (Å²) in [7, 11) is 0. The van der Waals surface area contributed by atoms with Crippen molar-refractivity contribution >= 4 is 23.3 Å². The quantitative estimate of drug-likeness (QED) is 0.480. The minimum Gasteiger partial charge on any atom is -0.363 e. The average molecular weight is 308 g/mol. The summed E-state index contributed by atoms with van der Waals surface area (Å²) in [5.74, 6) is -1.14. The van der Waals surface area contributed by atoms with Crippen molar-refractivity contribution in [2.75, 3.05) is 18.0 Å². The molecule has 0 aliphatic carbocycles. The fourth-order valence-electron chi connectivity index (χ4n) is 2.99. The van der Waals surface area contributed by atoms with Gasteiger partial charge in [0.2, 0.25) is 0 Å². The average Bonchev–Trinajstić information content (AvgIpc) is 2.72. The fourth-order valence-corrected chi connectivity index (χ4v) is 2.99. The molecule has 2 saturated heterocycles. The summed E-state index contributed by atoms with van der Waals surface area (Å²) in [6, 6.07) is 2.74. The third-order valence-corrected chi connectivity index (χ3v) is 3.98. The molecule has 0 aromatic heterocycles. The fraction of sp³-hybridized carbons (Fsp3) is 0.385. The van der Waals surface area contributed by atoms with Gasteiger partial charge in [-0.3, -0.25) is 20.2 Å². The number of rotatable bonds is 2. The zero-order chi connectivity index (χ0) is 15.9. The summed E-state index contributed by atoms with van der Waals surface area (Å²) >= 11 is 0. The van der Waals surface area contributed by atoms with Gasteiger partial charge in [0.15, 0.2) is 0 Å². The molecule has 1 atom stereocenters. The number of nitrogens with zero attached hydrogens (tertiary/aromatic N) is 2. The molecule has 2 heterocycles. The molecule has 2 N–H and O–H groups in total. The Labute approximate surface area is 124 Å². The van der Waals surface area contributed by atoms with Crippen molar-refractivity contribution in [2.24, 2.45) is 0 Å². The molecular weight excluding hydrogens is 295 g/mol. The maximum Gasteiger partial charge on any atom is 0.322 e. The lowest BCUT2D eigenvalue weighted by molar-refractivity contribution is -0.384. The molecule has 2 aliphatic rings. The first-order valence-electron chi connectivity index (χ1n) is 6.74. The summed E-state index contributed by atoms with van der Waals surface area (Å²) in [6.07, 6.45) is 1.03. The summed E-state index contributed by atoms with van der Waals surface area (Å²) in [6.45, 7) is 0.592. The van der Waals surface area contributed by atoms with Gasteiger partial charge in [0, 0.05) is 6.54 Å². The monoisotopic (exact) mass is 308 g/mol. The number of urea groups is 1. The Hall–Kier alpha value is -2.71. The van der Waals surface area contributed by atoms with Crippen LogP contribution in [0.15, 0.2) is 18.2 Å². The molecule has 1 unspecified atom stereocenters. The molecule has 0 saturated carbocycles. The van der Waals surface area contributed by atoms with Crippen molar-refractivity contribution in [3.05, 3.63) is 34.1 Å². The summed E-state index contributed by atoms with van der Waals surface area (Å²) < 4.78 is 13.2. The molecule has 2 aliphatic heterocycles. The van der Waals surface area contributed by atoms with Gasteiger partial charge in [-0.15, -0.1) is 0 Å². The molecule has 9 heteroatoms. The number of hydrogen-bond donors (Lipinski definition) is 2. The number of carbonyl (C=O) groups is 2. The number of amides is 3. The van der Waals surface area contributed by atoms with Gasteiger partial charge in [0.25, 0.3) is 11.6 Å². The Bertz CT molecular complexity index is 680. The van der Waals surface area contributed by atoms with Gasteiger partial charge in [-0.25, -0.2) is 9.18 Å². The molecule has 1 aromatic rings. The van der Waals surface area contributed by atoms with E-state index in [4.69, 9.17) is 0 Å². The van der Waals surface area contributed by atoms with Crippen LogP contribution < -0.4 is 15.5 Å². The van der Waals surface area contributed by atoms with Crippen LogP contribution in [0.2, 0.25) is 0 Å². The maximum absolute atomic E-state index is 13.2. The van der Waals surface area contributed by atoms with Gasteiger partial charge in [0.1, 0.15) is 17.0 Å². The number of nitrogens with one attached hydrogen (secondary N) is 2. The topological polar surface area (TPSA) is 105 Å². The molecule has 3 rings (SSSR count). The molecule has 1 spiro atoms. The minimum atomic E-state index is -1.09. The van der Waals surface area contributed by atoms with Gasteiger partial charge < -0.3 is 10.2 Å². The highest BCUT2D eigenvalue weighted by Gasteiger charge is 2.49. The first-order valence-corrected chi connectivity index (χ1v) is 6.74. The lowest BCUT2D eigenvalue weighted by Gasteiger charge is -2.38. The first kappa shape index (κ1) is 14.2. The maximum atomic E-state index is 13.2. The van der Waals surface area contributed by atoms with Crippen LogP contribution in [-0.4, -0.2) is 35.5 Å². The van der Waals surface area contributed by atoms with E-state index in [1.165, 1.54) is 6.07 Å². The van der Waals surface area contributed by atoms with Gasteiger partial charge >= 0.3 is 6.03 Å². The number of carbonyl (C=O) groups excluding carboxylic acids is 2. The second-order valence-electron chi connectivity index (χ2n) is 5.41. The normalized spacial score (nSPS) is 24.3. The van der Waals surface area contributed by atoms with Crippen molar-refractivity contribution < 1.29 is 18.9 Å². The van der Waals surface area contributed by atoms with E-state index in [0.717, 1.165) is 12.1 Å². The highest BCUT2D eigenvalue weighted by atomic mass is 19.1. The Morgan fingerprint density at radius 1 is 1.36 bits per heavy atom. The second-order valence-corrected chi connectivity index (χ2v) is 5.41. The molecule has 2 fully saturated rings. The van der Waals surface area contributed by atoms with E-state index in [2.05, 4.69) is 10.6 Å². The van der Waals surface area contributed by atoms with Crippen molar-refractivity contribution in [1.82, 2.24) is 10.6 Å². The Morgan fingerprint density at radius 2 is 2.14 bits per heavy atom. The molecule has 116 valence electrons. The number of piperidine rings is 1. The van der Waals surface area contributed by atoms with Gasteiger partial charge in [-0.2, -0.15) is 0 Å². The first-order chi connectivity index (χ1) is 10.4. The van der Waals surface area contributed by atoms with Crippen molar-refractivity contribution in [3.63, 3.8) is 0 Å². The Kier molecular flexibility index (Phi) is 3.19. The third kappa shape index (κ3) is 2.24. The molecule has 0 bridgehead atoms. The van der Waals surface area contributed by atoms with E-state index in [1.807, 2.05) is 0 Å². The molecule has 1 aromatic carbocycles. The number of halogens is 1. The highest BCUT2D eigenvalue weighted by molar-refractivity contribution is 6.07. The molecule has 22 heavy (non-hydrogen) atoms. The summed E-state index contributed by atoms with van der Waals surface area (Å²) in [4.78, 5) is 35.4. The predicted octanol–water partition coefficient (Wildman–Crippen LogP) is 0.912. The van der Waals surface area contributed by atoms with Crippen LogP contribution in [0, 0.1) is 15.9 Å². The molecular formula is C13H13FN4O4. The van der Waals surface area contributed by atoms with Crippen molar-refractivity contribution in [3.8, 4) is 0 Å². The SMILES string of the molecule is O=C1NC(=O)C2(CCCN(c3ccc(F)cc3[N+](=O)[O-])C2)N1. The van der Waals surface area contributed by atoms with Crippen LogP contribution in [0.3, 0.4) is 0 Å².